The Morgan fingerprint density at radius 1 is 0.414 bits per heavy atom. The summed E-state index contributed by atoms with van der Waals surface area (Å²) >= 11 is 0. The monoisotopic (exact) mass is 1000 g/mol. The average Bonchev–Trinajstić information content (AvgIpc) is 3.35. The number of carbonyl (C=O) groups is 3. The Kier molecular flexibility index (Phi) is 50.0. The van der Waals surface area contributed by atoms with Crippen LogP contribution in [0.1, 0.15) is 239 Å². The van der Waals surface area contributed by atoms with Crippen molar-refractivity contribution >= 4 is 25.7 Å². The second-order valence-electron chi connectivity index (χ2n) is 18.4. The van der Waals surface area contributed by atoms with Gasteiger partial charge in [-0.2, -0.15) is 0 Å². The summed E-state index contributed by atoms with van der Waals surface area (Å²) in [6.45, 7) is 4.41. The predicted molar refractivity (Wildman–Crippen MR) is 288 cm³/mol. The van der Waals surface area contributed by atoms with Gasteiger partial charge in [0.25, 0.3) is 0 Å². The fourth-order valence-corrected chi connectivity index (χ4v) is 8.13. The lowest BCUT2D eigenvalue weighted by atomic mass is 10.1. The van der Waals surface area contributed by atoms with Crippen LogP contribution in [0.4, 0.5) is 0 Å². The fraction of sp³-hybridized carbons (Fsp3) is 0.741. The predicted octanol–water partition coefficient (Wildman–Crippen LogP) is 16.1. The van der Waals surface area contributed by atoms with Crippen molar-refractivity contribution in [2.24, 2.45) is 0 Å². The maximum Gasteiger partial charge on any atom is 0.472 e. The summed E-state index contributed by atoms with van der Waals surface area (Å²) in [5.41, 5.74) is 0. The van der Waals surface area contributed by atoms with Crippen molar-refractivity contribution in [1.82, 2.24) is 0 Å². The number of carbonyl (C=O) groups excluding carboxylic acids is 3. The van der Waals surface area contributed by atoms with Crippen molar-refractivity contribution < 1.29 is 52.2 Å². The van der Waals surface area contributed by atoms with Gasteiger partial charge in [0.1, 0.15) is 12.7 Å². The van der Waals surface area contributed by atoms with Gasteiger partial charge in [0.05, 0.1) is 19.8 Å². The van der Waals surface area contributed by atoms with E-state index in [1.54, 1.807) is 0 Å². The molecule has 0 fully saturated rings. The molecule has 0 aromatic heterocycles. The normalized spacial score (nSPS) is 14.0. The molecule has 0 bridgehead atoms. The highest BCUT2D eigenvalue weighted by Gasteiger charge is 2.28. The van der Waals surface area contributed by atoms with Crippen LogP contribution in [-0.2, 0) is 42.2 Å². The van der Waals surface area contributed by atoms with Crippen molar-refractivity contribution in [2.45, 2.75) is 251 Å². The lowest BCUT2D eigenvalue weighted by Crippen LogP contribution is -2.30. The smallest absolute Gasteiger partial charge is 0.462 e. The minimum atomic E-state index is -4.76. The van der Waals surface area contributed by atoms with Gasteiger partial charge in [-0.15, -0.1) is 0 Å². The molecule has 0 rings (SSSR count). The standard InChI is InChI=1S/C58H101O11P/c1-4-7-10-13-16-19-22-25-26-27-28-31-34-37-40-43-46-49-58(62)69-55(51-65-56(60)47-44-41-38-35-32-29-23-20-17-14-11-8-5-2)53-67-70(63,64)66-52-54(50-59)68-57(61)48-45-42-39-36-33-30-24-21-18-15-12-9-6-3/h8,11-12,15,17,20-21,24-26,29,32,54-55,59H,4-7,9-10,13-14,16,18-19,22-23,27-28,30-31,33-53H2,1-3H3,(H,63,64)/b11-8-,15-12-,20-17-,24-21-,26-25-,32-29-. The second kappa shape index (κ2) is 52.2. The quantitative estimate of drug-likeness (QED) is 0.0197. The fourth-order valence-electron chi connectivity index (χ4n) is 7.34. The number of phosphoric ester groups is 1. The van der Waals surface area contributed by atoms with Crippen LogP contribution in [0.15, 0.2) is 72.9 Å². The van der Waals surface area contributed by atoms with E-state index in [0.29, 0.717) is 19.3 Å². The third-order valence-electron chi connectivity index (χ3n) is 11.6. The Bertz CT molecular complexity index is 1450. The topological polar surface area (TPSA) is 155 Å². The number of unbranched alkanes of at least 4 members (excludes halogenated alkanes) is 22. The first-order valence-electron chi connectivity index (χ1n) is 27.8. The summed E-state index contributed by atoms with van der Waals surface area (Å²) in [5, 5.41) is 9.79. The molecule has 0 aromatic carbocycles. The van der Waals surface area contributed by atoms with Gasteiger partial charge >= 0.3 is 25.7 Å². The van der Waals surface area contributed by atoms with Crippen molar-refractivity contribution in [3.8, 4) is 0 Å². The molecule has 3 unspecified atom stereocenters. The SMILES string of the molecule is CC/C=C\C/C=C\C/C=C\CCCCCC(=O)OCC(COP(=O)(O)OCC(CO)OC(=O)CCCCCCC/C=C\C/C=C\CCC)OC(=O)CCCCCCCCC/C=C\CCCCCCCC. The third-order valence-corrected chi connectivity index (χ3v) is 12.5. The van der Waals surface area contributed by atoms with Crippen LogP contribution in [0.3, 0.4) is 0 Å². The molecule has 0 spiro atoms. The van der Waals surface area contributed by atoms with E-state index in [1.807, 2.05) is 0 Å². The highest BCUT2D eigenvalue weighted by molar-refractivity contribution is 7.47. The first-order valence-corrected chi connectivity index (χ1v) is 29.3. The Balaban J connectivity index is 4.77. The van der Waals surface area contributed by atoms with Crippen LogP contribution in [0, 0.1) is 0 Å². The molecule has 404 valence electrons. The van der Waals surface area contributed by atoms with E-state index in [2.05, 4.69) is 93.7 Å². The Morgan fingerprint density at radius 3 is 1.23 bits per heavy atom. The van der Waals surface area contributed by atoms with Gasteiger partial charge in [-0.25, -0.2) is 4.57 Å². The number of esters is 3. The first kappa shape index (κ1) is 66.9. The number of hydrogen-bond acceptors (Lipinski definition) is 10. The molecule has 0 radical (unpaired) electrons. The van der Waals surface area contributed by atoms with Crippen LogP contribution in [0.2, 0.25) is 0 Å². The van der Waals surface area contributed by atoms with Crippen LogP contribution >= 0.6 is 7.82 Å². The van der Waals surface area contributed by atoms with E-state index in [0.717, 1.165) is 122 Å². The van der Waals surface area contributed by atoms with E-state index in [-0.39, 0.29) is 25.9 Å². The molecular formula is C58H101O11P. The van der Waals surface area contributed by atoms with Gasteiger partial charge in [-0.3, -0.25) is 23.4 Å². The number of aliphatic hydroxyl groups excluding tert-OH is 1. The van der Waals surface area contributed by atoms with E-state index in [1.165, 1.54) is 57.8 Å². The molecule has 0 amide bonds. The molecule has 0 aliphatic rings. The van der Waals surface area contributed by atoms with E-state index in [9.17, 15) is 28.9 Å². The minimum Gasteiger partial charge on any atom is -0.462 e. The van der Waals surface area contributed by atoms with Crippen molar-refractivity contribution in [3.05, 3.63) is 72.9 Å². The van der Waals surface area contributed by atoms with Crippen molar-refractivity contribution in [1.29, 1.82) is 0 Å². The summed E-state index contributed by atoms with van der Waals surface area (Å²) < 4.78 is 39.4. The highest BCUT2D eigenvalue weighted by Crippen LogP contribution is 2.43. The molecule has 11 nitrogen and oxygen atoms in total. The molecular weight excluding hydrogens is 904 g/mol. The Morgan fingerprint density at radius 2 is 0.771 bits per heavy atom. The number of aliphatic hydroxyl groups is 1. The maximum absolute atomic E-state index is 12.9. The van der Waals surface area contributed by atoms with Crippen LogP contribution < -0.4 is 0 Å². The van der Waals surface area contributed by atoms with Gasteiger partial charge in [0, 0.05) is 19.3 Å². The van der Waals surface area contributed by atoms with E-state index in [4.69, 9.17) is 23.3 Å². The van der Waals surface area contributed by atoms with E-state index < -0.39 is 57.8 Å². The van der Waals surface area contributed by atoms with Crippen LogP contribution in [0.5, 0.6) is 0 Å². The summed E-state index contributed by atoms with van der Waals surface area (Å²) in [6.07, 6.45) is 57.2. The number of rotatable bonds is 51. The van der Waals surface area contributed by atoms with E-state index >= 15 is 0 Å². The largest absolute Gasteiger partial charge is 0.472 e. The molecule has 2 N–H and O–H groups in total. The van der Waals surface area contributed by atoms with Crippen molar-refractivity contribution in [2.75, 3.05) is 26.4 Å². The molecule has 12 heteroatoms. The Labute approximate surface area is 427 Å². The highest BCUT2D eigenvalue weighted by atomic mass is 31.2. The first-order chi connectivity index (χ1) is 34.2. The summed E-state index contributed by atoms with van der Waals surface area (Å²) in [6, 6.07) is 0. The Hall–Kier alpha value is -3.08. The summed E-state index contributed by atoms with van der Waals surface area (Å²) in [5.74, 6) is -1.52. The zero-order valence-corrected chi connectivity index (χ0v) is 45.4. The minimum absolute atomic E-state index is 0.154. The van der Waals surface area contributed by atoms with Crippen molar-refractivity contribution in [3.63, 3.8) is 0 Å². The lowest BCUT2D eigenvalue weighted by molar-refractivity contribution is -0.161. The second-order valence-corrected chi connectivity index (χ2v) is 19.8. The van der Waals surface area contributed by atoms with Crippen LogP contribution in [0.25, 0.3) is 0 Å². The van der Waals surface area contributed by atoms with Gasteiger partial charge in [-0.1, -0.05) is 190 Å². The molecule has 0 aromatic rings. The molecule has 0 heterocycles. The molecule has 70 heavy (non-hydrogen) atoms. The molecule has 0 aliphatic heterocycles. The number of ether oxygens (including phenoxy) is 3. The third kappa shape index (κ3) is 49.9. The van der Waals surface area contributed by atoms with Gasteiger partial charge in [-0.05, 0) is 103 Å². The average molecular weight is 1010 g/mol. The van der Waals surface area contributed by atoms with Crippen LogP contribution in [-0.4, -0.2) is 66.5 Å². The maximum atomic E-state index is 12.9. The molecule has 3 atom stereocenters. The molecule has 0 saturated carbocycles. The lowest BCUT2D eigenvalue weighted by Gasteiger charge is -2.21. The number of phosphoric acid groups is 1. The zero-order valence-electron chi connectivity index (χ0n) is 44.5. The zero-order chi connectivity index (χ0) is 51.3. The van der Waals surface area contributed by atoms with Gasteiger partial charge in [0.2, 0.25) is 0 Å². The van der Waals surface area contributed by atoms with Gasteiger partial charge in [0.15, 0.2) is 6.10 Å². The number of allylic oxidation sites excluding steroid dienone is 12. The number of hydrogen-bond donors (Lipinski definition) is 2. The summed E-state index contributed by atoms with van der Waals surface area (Å²) in [4.78, 5) is 48.4. The van der Waals surface area contributed by atoms with Gasteiger partial charge < -0.3 is 24.2 Å². The molecule has 0 saturated heterocycles. The summed E-state index contributed by atoms with van der Waals surface area (Å²) in [7, 11) is -4.76. The molecule has 0 aliphatic carbocycles.